The van der Waals surface area contributed by atoms with Crippen molar-refractivity contribution < 1.29 is 28.0 Å². The summed E-state index contributed by atoms with van der Waals surface area (Å²) in [6, 6.07) is 8.69. The third-order valence-corrected chi connectivity index (χ3v) is 5.81. The van der Waals surface area contributed by atoms with Crippen LogP contribution in [0.4, 0.5) is 8.78 Å². The van der Waals surface area contributed by atoms with Gasteiger partial charge >= 0.3 is 6.61 Å². The first-order valence-electron chi connectivity index (χ1n) is 9.69. The smallest absolute Gasteiger partial charge is 0.387 e. The molecule has 0 saturated heterocycles. The van der Waals surface area contributed by atoms with Crippen LogP contribution in [0.15, 0.2) is 40.0 Å². The van der Waals surface area contributed by atoms with Crippen LogP contribution in [-0.2, 0) is 0 Å². The molecule has 3 aromatic rings. The number of benzene rings is 2. The van der Waals surface area contributed by atoms with E-state index in [9.17, 15) is 13.9 Å². The number of aliphatic hydroxyl groups is 1. The van der Waals surface area contributed by atoms with Gasteiger partial charge in [0.25, 0.3) is 0 Å². The Morgan fingerprint density at radius 1 is 1.10 bits per heavy atom. The first kappa shape index (κ1) is 18.9. The molecule has 3 atom stereocenters. The van der Waals surface area contributed by atoms with Crippen LogP contribution in [0.2, 0.25) is 0 Å². The molecular formula is C21H19F2N3O4. The standard InChI is InChI=1S/C21H19F2N3O4/c1-28-18-8-12-13-7-11(27)3-5-15(13)24-20(14(12)9-19(18)29-21(22)23)10-2-4-16-17(6-10)26-30-25-16/h2,4,6,8-9,11,13,15,21,27H,3,5,7H2,1H3. The van der Waals surface area contributed by atoms with Crippen LogP contribution in [0.3, 0.4) is 0 Å². The summed E-state index contributed by atoms with van der Waals surface area (Å²) in [4.78, 5) is 4.96. The average molecular weight is 415 g/mol. The Hall–Kier alpha value is -3.07. The molecule has 1 fully saturated rings. The summed E-state index contributed by atoms with van der Waals surface area (Å²) in [5, 5.41) is 17.9. The number of alkyl halides is 2. The van der Waals surface area contributed by atoms with Crippen LogP contribution in [0.1, 0.15) is 41.9 Å². The Balaban J connectivity index is 1.69. The fourth-order valence-electron chi connectivity index (χ4n) is 4.45. The Kier molecular flexibility index (Phi) is 4.62. The summed E-state index contributed by atoms with van der Waals surface area (Å²) in [6.45, 7) is -2.98. The molecule has 3 unspecified atom stereocenters. The quantitative estimate of drug-likeness (QED) is 0.699. The lowest BCUT2D eigenvalue weighted by atomic mass is 9.74. The number of hydrogen-bond acceptors (Lipinski definition) is 7. The Morgan fingerprint density at radius 3 is 2.73 bits per heavy atom. The van der Waals surface area contributed by atoms with E-state index in [0.29, 0.717) is 35.2 Å². The number of aliphatic imine (C=N–C) groups is 1. The normalized spacial score (nSPS) is 23.1. The van der Waals surface area contributed by atoms with Gasteiger partial charge in [0.1, 0.15) is 11.0 Å². The van der Waals surface area contributed by atoms with E-state index >= 15 is 0 Å². The van der Waals surface area contributed by atoms with Crippen LogP contribution in [0.5, 0.6) is 11.5 Å². The van der Waals surface area contributed by atoms with Gasteiger partial charge in [-0.1, -0.05) is 6.07 Å². The van der Waals surface area contributed by atoms with Crippen LogP contribution >= 0.6 is 0 Å². The van der Waals surface area contributed by atoms with E-state index in [4.69, 9.17) is 19.1 Å². The molecule has 2 aromatic carbocycles. The van der Waals surface area contributed by atoms with Gasteiger partial charge in [-0.3, -0.25) is 4.99 Å². The van der Waals surface area contributed by atoms with Gasteiger partial charge in [0.15, 0.2) is 11.5 Å². The number of halogens is 2. The minimum atomic E-state index is -2.98. The SMILES string of the molecule is COc1cc2c(cc1OC(F)F)C(c1ccc3nonc3c1)=NC1CCC(O)CC21. The first-order chi connectivity index (χ1) is 14.5. The van der Waals surface area contributed by atoms with Crippen LogP contribution in [0.25, 0.3) is 11.0 Å². The number of nitrogens with zero attached hydrogens (tertiary/aromatic N) is 3. The number of aliphatic hydroxyl groups excluding tert-OH is 1. The molecule has 9 heteroatoms. The molecule has 2 aliphatic rings. The molecule has 0 radical (unpaired) electrons. The van der Waals surface area contributed by atoms with E-state index < -0.39 is 12.7 Å². The van der Waals surface area contributed by atoms with Crippen molar-refractivity contribution in [2.24, 2.45) is 4.99 Å². The summed E-state index contributed by atoms with van der Waals surface area (Å²) in [6.07, 6.45) is 1.54. The number of hydrogen-bond donors (Lipinski definition) is 1. The van der Waals surface area contributed by atoms with Gasteiger partial charge in [-0.2, -0.15) is 8.78 Å². The van der Waals surface area contributed by atoms with E-state index in [0.717, 1.165) is 17.5 Å². The van der Waals surface area contributed by atoms with Crippen molar-refractivity contribution in [1.29, 1.82) is 0 Å². The minimum Gasteiger partial charge on any atom is -0.493 e. The molecular weight excluding hydrogens is 396 g/mol. The maximum Gasteiger partial charge on any atom is 0.387 e. The number of methoxy groups -OCH3 is 1. The number of fused-ring (bicyclic) bond motifs is 4. The van der Waals surface area contributed by atoms with Gasteiger partial charge in [0.2, 0.25) is 0 Å². The van der Waals surface area contributed by atoms with Gasteiger partial charge in [0, 0.05) is 17.0 Å². The molecule has 0 spiro atoms. The molecule has 0 bridgehead atoms. The van der Waals surface area contributed by atoms with Gasteiger partial charge in [0.05, 0.1) is 25.0 Å². The van der Waals surface area contributed by atoms with Crippen LogP contribution < -0.4 is 9.47 Å². The van der Waals surface area contributed by atoms with Crippen molar-refractivity contribution in [2.45, 2.75) is 43.9 Å². The molecule has 30 heavy (non-hydrogen) atoms. The predicted octanol–water partition coefficient (Wildman–Crippen LogP) is 3.68. The van der Waals surface area contributed by atoms with E-state index in [1.54, 1.807) is 18.2 Å². The molecule has 1 N–H and O–H groups in total. The highest BCUT2D eigenvalue weighted by molar-refractivity contribution is 6.16. The monoisotopic (exact) mass is 415 g/mol. The molecule has 1 aliphatic heterocycles. The highest BCUT2D eigenvalue weighted by Gasteiger charge is 2.37. The summed E-state index contributed by atoms with van der Waals surface area (Å²) >= 11 is 0. The number of ether oxygens (including phenoxy) is 2. The lowest BCUT2D eigenvalue weighted by Gasteiger charge is -2.37. The summed E-state index contributed by atoms with van der Waals surface area (Å²) in [5.74, 6) is 0.141. The molecule has 5 rings (SSSR count). The zero-order valence-electron chi connectivity index (χ0n) is 16.1. The number of rotatable bonds is 4. The third-order valence-electron chi connectivity index (χ3n) is 5.81. The van der Waals surface area contributed by atoms with Crippen LogP contribution in [0, 0.1) is 0 Å². The second kappa shape index (κ2) is 7.32. The summed E-state index contributed by atoms with van der Waals surface area (Å²) in [7, 11) is 1.41. The van der Waals surface area contributed by atoms with Crippen molar-refractivity contribution in [3.63, 3.8) is 0 Å². The Morgan fingerprint density at radius 2 is 1.93 bits per heavy atom. The number of aromatic nitrogens is 2. The molecule has 156 valence electrons. The van der Waals surface area contributed by atoms with Crippen molar-refractivity contribution in [1.82, 2.24) is 10.3 Å². The second-order valence-corrected chi connectivity index (χ2v) is 7.55. The predicted molar refractivity (Wildman–Crippen MR) is 103 cm³/mol. The average Bonchev–Trinajstić information content (AvgIpc) is 3.20. The summed E-state index contributed by atoms with van der Waals surface area (Å²) < 4.78 is 40.8. The second-order valence-electron chi connectivity index (χ2n) is 7.55. The Bertz CT molecular complexity index is 1130. The maximum atomic E-state index is 13.0. The van der Waals surface area contributed by atoms with Crippen molar-refractivity contribution >= 4 is 16.7 Å². The zero-order valence-corrected chi connectivity index (χ0v) is 16.1. The van der Waals surface area contributed by atoms with Gasteiger partial charge < -0.3 is 14.6 Å². The van der Waals surface area contributed by atoms with E-state index in [1.165, 1.54) is 7.11 Å². The highest BCUT2D eigenvalue weighted by Crippen LogP contribution is 2.45. The summed E-state index contributed by atoms with van der Waals surface area (Å²) in [5.41, 5.74) is 4.21. The van der Waals surface area contributed by atoms with E-state index in [2.05, 4.69) is 10.3 Å². The molecule has 1 aromatic heterocycles. The Labute approximate surface area is 170 Å². The largest absolute Gasteiger partial charge is 0.493 e. The van der Waals surface area contributed by atoms with Crippen molar-refractivity contribution in [3.8, 4) is 11.5 Å². The zero-order chi connectivity index (χ0) is 20.8. The lowest BCUT2D eigenvalue weighted by molar-refractivity contribution is -0.0512. The van der Waals surface area contributed by atoms with Crippen LogP contribution in [-0.4, -0.2) is 47.0 Å². The molecule has 1 aliphatic carbocycles. The lowest BCUT2D eigenvalue weighted by Crippen LogP contribution is -2.34. The minimum absolute atomic E-state index is 0.0198. The molecule has 0 amide bonds. The van der Waals surface area contributed by atoms with E-state index in [-0.39, 0.29) is 23.5 Å². The highest BCUT2D eigenvalue weighted by atomic mass is 19.3. The molecule has 2 heterocycles. The van der Waals surface area contributed by atoms with Gasteiger partial charge in [-0.15, -0.1) is 0 Å². The molecule has 1 saturated carbocycles. The van der Waals surface area contributed by atoms with Crippen molar-refractivity contribution in [3.05, 3.63) is 47.0 Å². The topological polar surface area (TPSA) is 90.0 Å². The molecule has 7 nitrogen and oxygen atoms in total. The maximum absolute atomic E-state index is 13.0. The van der Waals surface area contributed by atoms with E-state index in [1.807, 2.05) is 12.1 Å². The fourth-order valence-corrected chi connectivity index (χ4v) is 4.45. The van der Waals surface area contributed by atoms with Gasteiger partial charge in [-0.25, -0.2) is 4.63 Å². The van der Waals surface area contributed by atoms with Crippen molar-refractivity contribution in [2.75, 3.05) is 7.11 Å². The van der Waals surface area contributed by atoms with Gasteiger partial charge in [-0.05, 0) is 59.4 Å². The fraction of sp³-hybridized carbons (Fsp3) is 0.381. The first-order valence-corrected chi connectivity index (χ1v) is 9.69. The third kappa shape index (κ3) is 3.19.